The predicted octanol–water partition coefficient (Wildman–Crippen LogP) is 10.8. The number of benzene rings is 7. The Balaban J connectivity index is 1.25. The smallest absolute Gasteiger partial charge is 0.164 e. The maximum Gasteiger partial charge on any atom is 0.164 e. The minimum Gasteiger partial charge on any atom is -0.309 e. The van der Waals surface area contributed by atoms with Gasteiger partial charge >= 0.3 is 0 Å². The van der Waals surface area contributed by atoms with Crippen molar-refractivity contribution in [1.82, 2.24) is 19.5 Å². The average molecular weight is 601 g/mol. The van der Waals surface area contributed by atoms with Gasteiger partial charge in [-0.25, -0.2) is 15.0 Å². The van der Waals surface area contributed by atoms with Crippen molar-refractivity contribution in [3.8, 4) is 51.0 Å². The molecule has 2 aromatic heterocycles. The minimum absolute atomic E-state index is 0.643. The Bertz CT molecular complexity index is 2540. The van der Waals surface area contributed by atoms with E-state index >= 15 is 0 Å². The Labute approximate surface area is 272 Å². The second-order valence-corrected chi connectivity index (χ2v) is 11.7. The number of nitrogens with zero attached hydrogens (tertiary/aromatic N) is 4. The maximum absolute atomic E-state index is 5.07. The molecule has 0 spiro atoms. The largest absolute Gasteiger partial charge is 0.309 e. The van der Waals surface area contributed by atoms with Crippen LogP contribution in [-0.2, 0) is 0 Å². The molecule has 9 rings (SSSR count). The van der Waals surface area contributed by atoms with E-state index in [1.807, 2.05) is 36.4 Å². The van der Waals surface area contributed by atoms with Crippen LogP contribution in [0.1, 0.15) is 0 Å². The number of fused-ring (bicyclic) bond motifs is 5. The van der Waals surface area contributed by atoms with Gasteiger partial charge in [-0.15, -0.1) is 0 Å². The van der Waals surface area contributed by atoms with Crippen molar-refractivity contribution in [2.45, 2.75) is 0 Å². The highest BCUT2D eigenvalue weighted by Gasteiger charge is 2.18. The van der Waals surface area contributed by atoms with Crippen molar-refractivity contribution >= 4 is 32.6 Å². The molecule has 220 valence electrons. The van der Waals surface area contributed by atoms with Gasteiger partial charge in [0.2, 0.25) is 0 Å². The van der Waals surface area contributed by atoms with Crippen molar-refractivity contribution < 1.29 is 0 Å². The second-order valence-electron chi connectivity index (χ2n) is 11.7. The first-order valence-corrected chi connectivity index (χ1v) is 15.8. The van der Waals surface area contributed by atoms with Crippen LogP contribution < -0.4 is 0 Å². The van der Waals surface area contributed by atoms with Crippen LogP contribution in [-0.4, -0.2) is 19.5 Å². The van der Waals surface area contributed by atoms with Gasteiger partial charge in [-0.3, -0.25) is 0 Å². The van der Waals surface area contributed by atoms with Gasteiger partial charge in [0, 0.05) is 38.5 Å². The molecule has 0 aliphatic heterocycles. The zero-order valence-electron chi connectivity index (χ0n) is 25.5. The second kappa shape index (κ2) is 11.2. The highest BCUT2D eigenvalue weighted by Crippen LogP contribution is 2.38. The summed E-state index contributed by atoms with van der Waals surface area (Å²) in [5.41, 5.74) is 8.63. The molecule has 0 radical (unpaired) electrons. The van der Waals surface area contributed by atoms with Crippen LogP contribution in [0.4, 0.5) is 0 Å². The van der Waals surface area contributed by atoms with Gasteiger partial charge < -0.3 is 4.57 Å². The lowest BCUT2D eigenvalue weighted by molar-refractivity contribution is 1.07. The molecule has 0 saturated carbocycles. The topological polar surface area (TPSA) is 43.6 Å². The molecular weight excluding hydrogens is 573 g/mol. The van der Waals surface area contributed by atoms with E-state index in [1.165, 1.54) is 27.2 Å². The molecular formula is C43H28N4. The summed E-state index contributed by atoms with van der Waals surface area (Å²) < 4.78 is 2.37. The van der Waals surface area contributed by atoms with Gasteiger partial charge in [0.25, 0.3) is 0 Å². The molecule has 0 saturated heterocycles. The lowest BCUT2D eigenvalue weighted by atomic mass is 10.0. The van der Waals surface area contributed by atoms with Crippen LogP contribution in [0.5, 0.6) is 0 Å². The van der Waals surface area contributed by atoms with Crippen LogP contribution >= 0.6 is 0 Å². The standard InChI is InChI=1S/C43H28N4/c1-4-12-29(13-5-1)30-20-22-33(23-21-30)42-44-41(32-15-6-2-7-16-32)45-43(46-42)34-25-27-39-38(28-34)37-26-24-31-14-10-11-19-36(31)40(37)47(39)35-17-8-3-9-18-35/h1-28H. The van der Waals surface area contributed by atoms with Crippen LogP contribution in [0.15, 0.2) is 170 Å². The van der Waals surface area contributed by atoms with Gasteiger partial charge in [-0.1, -0.05) is 140 Å². The number of rotatable bonds is 5. The quantitative estimate of drug-likeness (QED) is 0.197. The molecule has 4 heteroatoms. The summed E-state index contributed by atoms with van der Waals surface area (Å²) in [4.78, 5) is 15.1. The Morgan fingerprint density at radius 2 is 0.851 bits per heavy atom. The normalized spacial score (nSPS) is 11.4. The highest BCUT2D eigenvalue weighted by molar-refractivity contribution is 6.19. The van der Waals surface area contributed by atoms with Crippen molar-refractivity contribution in [1.29, 1.82) is 0 Å². The van der Waals surface area contributed by atoms with Crippen molar-refractivity contribution in [2.75, 3.05) is 0 Å². The first kappa shape index (κ1) is 27.0. The first-order chi connectivity index (χ1) is 23.3. The number of hydrogen-bond donors (Lipinski definition) is 0. The van der Waals surface area contributed by atoms with E-state index in [9.17, 15) is 0 Å². The lowest BCUT2D eigenvalue weighted by Gasteiger charge is -2.10. The molecule has 9 aromatic rings. The minimum atomic E-state index is 0.643. The summed E-state index contributed by atoms with van der Waals surface area (Å²) in [7, 11) is 0. The average Bonchev–Trinajstić information content (AvgIpc) is 3.50. The van der Waals surface area contributed by atoms with E-state index < -0.39 is 0 Å². The summed E-state index contributed by atoms with van der Waals surface area (Å²) in [6, 6.07) is 59.2. The Morgan fingerprint density at radius 1 is 0.340 bits per heavy atom. The van der Waals surface area contributed by atoms with Crippen LogP contribution in [0.25, 0.3) is 83.6 Å². The zero-order chi connectivity index (χ0) is 31.2. The number of para-hydroxylation sites is 1. The van der Waals surface area contributed by atoms with Gasteiger partial charge in [-0.2, -0.15) is 0 Å². The lowest BCUT2D eigenvalue weighted by Crippen LogP contribution is -2.00. The first-order valence-electron chi connectivity index (χ1n) is 15.8. The molecule has 0 aliphatic carbocycles. The van der Waals surface area contributed by atoms with Crippen LogP contribution in [0.2, 0.25) is 0 Å². The van der Waals surface area contributed by atoms with Crippen molar-refractivity contribution in [3.63, 3.8) is 0 Å². The Kier molecular flexibility index (Phi) is 6.43. The molecule has 4 nitrogen and oxygen atoms in total. The van der Waals surface area contributed by atoms with Gasteiger partial charge in [0.1, 0.15) is 0 Å². The van der Waals surface area contributed by atoms with E-state index in [2.05, 4.69) is 138 Å². The molecule has 47 heavy (non-hydrogen) atoms. The van der Waals surface area contributed by atoms with Crippen molar-refractivity contribution in [2.24, 2.45) is 0 Å². The van der Waals surface area contributed by atoms with Gasteiger partial charge in [0.15, 0.2) is 17.5 Å². The molecule has 7 aromatic carbocycles. The molecule has 0 N–H and O–H groups in total. The van der Waals surface area contributed by atoms with Crippen molar-refractivity contribution in [3.05, 3.63) is 170 Å². The fourth-order valence-electron chi connectivity index (χ4n) is 6.56. The summed E-state index contributed by atoms with van der Waals surface area (Å²) in [6.07, 6.45) is 0. The Hall–Kier alpha value is -6.39. The summed E-state index contributed by atoms with van der Waals surface area (Å²) in [5, 5.41) is 4.79. The van der Waals surface area contributed by atoms with Gasteiger partial charge in [-0.05, 0) is 46.8 Å². The van der Waals surface area contributed by atoms with E-state index in [4.69, 9.17) is 15.0 Å². The summed E-state index contributed by atoms with van der Waals surface area (Å²) >= 11 is 0. The fourth-order valence-corrected chi connectivity index (χ4v) is 6.56. The fraction of sp³-hybridized carbons (Fsp3) is 0. The molecule has 0 aliphatic rings. The zero-order valence-corrected chi connectivity index (χ0v) is 25.5. The highest BCUT2D eigenvalue weighted by atomic mass is 15.0. The number of aromatic nitrogens is 4. The van der Waals surface area contributed by atoms with E-state index in [-0.39, 0.29) is 0 Å². The molecule has 2 heterocycles. The van der Waals surface area contributed by atoms with Crippen LogP contribution in [0.3, 0.4) is 0 Å². The molecule has 0 atom stereocenters. The summed E-state index contributed by atoms with van der Waals surface area (Å²) in [6.45, 7) is 0. The molecule has 0 unspecified atom stereocenters. The molecule has 0 bridgehead atoms. The van der Waals surface area contributed by atoms with E-state index in [1.54, 1.807) is 0 Å². The summed E-state index contributed by atoms with van der Waals surface area (Å²) in [5.74, 6) is 1.94. The molecule has 0 amide bonds. The Morgan fingerprint density at radius 3 is 1.55 bits per heavy atom. The van der Waals surface area contributed by atoms with Crippen LogP contribution in [0, 0.1) is 0 Å². The number of hydrogen-bond acceptors (Lipinski definition) is 3. The van der Waals surface area contributed by atoms with Gasteiger partial charge in [0.05, 0.1) is 11.0 Å². The SMILES string of the molecule is c1ccc(-c2ccc(-c3nc(-c4ccccc4)nc(-c4ccc5c(c4)c4ccc6ccccc6c4n5-c4ccccc4)n3)cc2)cc1. The maximum atomic E-state index is 5.07. The monoisotopic (exact) mass is 600 g/mol. The predicted molar refractivity (Wildman–Crippen MR) is 193 cm³/mol. The molecule has 0 fully saturated rings. The third-order valence-electron chi connectivity index (χ3n) is 8.84. The third-order valence-corrected chi connectivity index (χ3v) is 8.84. The van der Waals surface area contributed by atoms with E-state index in [0.29, 0.717) is 17.5 Å². The third kappa shape index (κ3) is 4.75. The van der Waals surface area contributed by atoms with E-state index in [0.717, 1.165) is 38.8 Å².